The van der Waals surface area contributed by atoms with E-state index in [1.54, 1.807) is 0 Å². The number of oxime groups is 1. The maximum atomic E-state index is 13.5. The van der Waals surface area contributed by atoms with Gasteiger partial charge in [0.25, 0.3) is 5.91 Å². The average molecular weight is 547 g/mol. The monoisotopic (exact) mass is 546 g/mol. The highest BCUT2D eigenvalue weighted by molar-refractivity contribution is 6.31. The number of carbonyl (C=O) groups excluding carboxylic acids is 2. The molecule has 2 aliphatic rings. The molecule has 37 heavy (non-hydrogen) atoms. The number of pyridine rings is 1. The fourth-order valence-corrected chi connectivity index (χ4v) is 4.05. The minimum absolute atomic E-state index is 0.0159. The summed E-state index contributed by atoms with van der Waals surface area (Å²) in [4.78, 5) is 34.2. The van der Waals surface area contributed by atoms with Crippen LogP contribution in [0.25, 0.3) is 0 Å². The van der Waals surface area contributed by atoms with Crippen LogP contribution in [-0.4, -0.2) is 46.9 Å². The van der Waals surface area contributed by atoms with Crippen molar-refractivity contribution < 1.29 is 41.1 Å². The first-order valence-electron chi connectivity index (χ1n) is 11.0. The lowest BCUT2D eigenvalue weighted by atomic mass is 9.94. The van der Waals surface area contributed by atoms with Gasteiger partial charge in [0.2, 0.25) is 11.5 Å². The molecule has 2 N–H and O–H groups in total. The van der Waals surface area contributed by atoms with Gasteiger partial charge >= 0.3 is 6.18 Å². The molecule has 1 aromatic carbocycles. The van der Waals surface area contributed by atoms with Crippen molar-refractivity contribution in [3.8, 4) is 0 Å². The molecule has 198 valence electrons. The van der Waals surface area contributed by atoms with E-state index in [9.17, 15) is 31.5 Å². The number of hydrogen-bond acceptors (Lipinski definition) is 6. The van der Waals surface area contributed by atoms with Crippen molar-refractivity contribution in [2.24, 2.45) is 5.16 Å². The van der Waals surface area contributed by atoms with E-state index in [1.807, 2.05) is 0 Å². The molecule has 1 fully saturated rings. The number of nitrogens with zero attached hydrogens (tertiary/aromatic N) is 2. The topological polar surface area (TPSA) is 102 Å². The summed E-state index contributed by atoms with van der Waals surface area (Å²) in [7, 11) is 0. The van der Waals surface area contributed by atoms with Crippen LogP contribution < -0.4 is 10.6 Å². The summed E-state index contributed by atoms with van der Waals surface area (Å²) in [6.45, 7) is 1.26. The van der Waals surface area contributed by atoms with Crippen molar-refractivity contribution in [1.82, 2.24) is 15.6 Å². The maximum Gasteiger partial charge on any atom is 0.417 e. The number of amides is 2. The quantitative estimate of drug-likeness (QED) is 0.540. The molecule has 0 spiro atoms. The number of hydrogen-bond donors (Lipinski definition) is 2. The molecule has 8 nitrogen and oxygen atoms in total. The fraction of sp³-hybridized carbons (Fsp3) is 0.391. The SMILES string of the molecule is C[C@]1(C(=O)NC2COC(C(=O)NCc3ncc(C(F)(F)F)cc3Cl)C2)CC(c2cc(F)cc(F)c2)=NO1. The largest absolute Gasteiger partial charge is 0.417 e. The summed E-state index contributed by atoms with van der Waals surface area (Å²) in [6.07, 6.45) is -4.83. The van der Waals surface area contributed by atoms with Gasteiger partial charge in [-0.05, 0) is 25.1 Å². The van der Waals surface area contributed by atoms with E-state index in [4.69, 9.17) is 21.2 Å². The lowest BCUT2D eigenvalue weighted by Crippen LogP contribution is -2.49. The third-order valence-electron chi connectivity index (χ3n) is 5.84. The molecule has 1 aromatic heterocycles. The molecule has 3 atom stereocenters. The molecule has 2 unspecified atom stereocenters. The van der Waals surface area contributed by atoms with Gasteiger partial charge in [-0.1, -0.05) is 16.8 Å². The molecule has 4 rings (SSSR count). The summed E-state index contributed by atoms with van der Waals surface area (Å²) in [6, 6.07) is 3.05. The predicted octanol–water partition coefficient (Wildman–Crippen LogP) is 3.51. The van der Waals surface area contributed by atoms with Gasteiger partial charge < -0.3 is 20.2 Å². The summed E-state index contributed by atoms with van der Waals surface area (Å²) < 4.78 is 70.7. The number of carbonyl (C=O) groups is 2. The Kier molecular flexibility index (Phi) is 7.38. The zero-order valence-corrected chi connectivity index (χ0v) is 19.9. The minimum Gasteiger partial charge on any atom is -0.379 e. The number of nitrogens with one attached hydrogen (secondary N) is 2. The van der Waals surface area contributed by atoms with E-state index >= 15 is 0 Å². The Bertz CT molecular complexity index is 1240. The minimum atomic E-state index is -4.60. The Morgan fingerprint density at radius 2 is 1.89 bits per heavy atom. The highest BCUT2D eigenvalue weighted by Gasteiger charge is 2.44. The van der Waals surface area contributed by atoms with E-state index in [2.05, 4.69) is 20.8 Å². The Morgan fingerprint density at radius 3 is 2.54 bits per heavy atom. The third-order valence-corrected chi connectivity index (χ3v) is 6.17. The van der Waals surface area contributed by atoms with Gasteiger partial charge in [-0.25, -0.2) is 8.78 Å². The Morgan fingerprint density at radius 1 is 1.19 bits per heavy atom. The van der Waals surface area contributed by atoms with Crippen LogP contribution >= 0.6 is 11.6 Å². The van der Waals surface area contributed by atoms with Crippen LogP contribution in [0.2, 0.25) is 5.02 Å². The van der Waals surface area contributed by atoms with Crippen molar-refractivity contribution in [3.63, 3.8) is 0 Å². The molecule has 0 radical (unpaired) electrons. The molecular formula is C23H20ClF5N4O4. The molecule has 0 saturated carbocycles. The molecule has 0 bridgehead atoms. The first-order valence-corrected chi connectivity index (χ1v) is 11.4. The first-order chi connectivity index (χ1) is 17.3. The van der Waals surface area contributed by atoms with Gasteiger partial charge in [-0.2, -0.15) is 13.2 Å². The summed E-state index contributed by atoms with van der Waals surface area (Å²) in [5.41, 5.74) is -2.05. The first kappa shape index (κ1) is 26.7. The van der Waals surface area contributed by atoms with Crippen LogP contribution in [0.1, 0.15) is 36.6 Å². The van der Waals surface area contributed by atoms with Crippen molar-refractivity contribution in [2.45, 2.75) is 50.2 Å². The molecule has 2 amide bonds. The Labute approximate surface area is 212 Å². The zero-order valence-electron chi connectivity index (χ0n) is 19.2. The number of alkyl halides is 3. The number of rotatable bonds is 6. The molecule has 2 aromatic rings. The van der Waals surface area contributed by atoms with Crippen LogP contribution in [0.15, 0.2) is 35.6 Å². The average Bonchev–Trinajstić information content (AvgIpc) is 3.44. The third kappa shape index (κ3) is 6.16. The van der Waals surface area contributed by atoms with E-state index in [1.165, 1.54) is 6.92 Å². The van der Waals surface area contributed by atoms with E-state index in [0.29, 0.717) is 12.3 Å². The van der Waals surface area contributed by atoms with Crippen LogP contribution in [0.5, 0.6) is 0 Å². The normalized spacial score (nSPS) is 23.4. The zero-order chi connectivity index (χ0) is 27.0. The molecule has 2 aliphatic heterocycles. The molecule has 1 saturated heterocycles. The summed E-state index contributed by atoms with van der Waals surface area (Å²) >= 11 is 5.85. The van der Waals surface area contributed by atoms with Crippen molar-refractivity contribution >= 4 is 29.1 Å². The van der Waals surface area contributed by atoms with Crippen molar-refractivity contribution in [3.05, 3.63) is 63.9 Å². The van der Waals surface area contributed by atoms with Gasteiger partial charge in [-0.3, -0.25) is 14.6 Å². The standard InChI is InChI=1S/C23H20ClF5N4O4/c1-22(7-17(33-37-22)11-2-13(25)5-14(26)3-11)21(35)32-15-6-19(36-10-15)20(34)31-9-18-16(24)4-12(8-30-18)23(27,28)29/h2-5,8,15,19H,6-7,9-10H2,1H3,(H,31,34)(H,32,35)/t15?,19?,22-/m1/s1. The van der Waals surface area contributed by atoms with Crippen LogP contribution in [0.3, 0.4) is 0 Å². The Hall–Kier alpha value is -3.32. The molecule has 3 heterocycles. The highest BCUT2D eigenvalue weighted by Crippen LogP contribution is 2.31. The lowest BCUT2D eigenvalue weighted by molar-refractivity contribution is -0.142. The molecule has 0 aliphatic carbocycles. The van der Waals surface area contributed by atoms with E-state index in [-0.39, 0.29) is 48.0 Å². The highest BCUT2D eigenvalue weighted by atomic mass is 35.5. The smallest absolute Gasteiger partial charge is 0.379 e. The van der Waals surface area contributed by atoms with Gasteiger partial charge in [0, 0.05) is 30.7 Å². The van der Waals surface area contributed by atoms with Crippen molar-refractivity contribution in [1.29, 1.82) is 0 Å². The second-order valence-electron chi connectivity index (χ2n) is 8.79. The fourth-order valence-electron chi connectivity index (χ4n) is 3.82. The number of aromatic nitrogens is 1. The Balaban J connectivity index is 1.28. The van der Waals surface area contributed by atoms with Gasteiger partial charge in [0.05, 0.1) is 41.2 Å². The number of ether oxygens (including phenoxy) is 1. The maximum absolute atomic E-state index is 13.5. The van der Waals surface area contributed by atoms with Gasteiger partial charge in [-0.15, -0.1) is 0 Å². The van der Waals surface area contributed by atoms with Crippen LogP contribution in [0, 0.1) is 11.6 Å². The van der Waals surface area contributed by atoms with E-state index in [0.717, 1.165) is 18.2 Å². The second kappa shape index (κ2) is 10.2. The van der Waals surface area contributed by atoms with Crippen LogP contribution in [-0.2, 0) is 31.9 Å². The summed E-state index contributed by atoms with van der Waals surface area (Å²) in [5.74, 6) is -2.70. The second-order valence-corrected chi connectivity index (χ2v) is 9.20. The van der Waals surface area contributed by atoms with E-state index < -0.39 is 52.9 Å². The van der Waals surface area contributed by atoms with Gasteiger partial charge in [0.1, 0.15) is 17.7 Å². The predicted molar refractivity (Wildman–Crippen MR) is 119 cm³/mol. The van der Waals surface area contributed by atoms with Crippen molar-refractivity contribution in [2.75, 3.05) is 6.61 Å². The lowest BCUT2D eigenvalue weighted by Gasteiger charge is -2.22. The number of benzene rings is 1. The molecular weight excluding hydrogens is 527 g/mol. The summed E-state index contributed by atoms with van der Waals surface area (Å²) in [5, 5.41) is 8.77. The van der Waals surface area contributed by atoms with Crippen LogP contribution in [0.4, 0.5) is 22.0 Å². The number of halogens is 6. The molecule has 14 heteroatoms. The van der Waals surface area contributed by atoms with Gasteiger partial charge in [0.15, 0.2) is 0 Å².